The molecule has 0 atom stereocenters. The first kappa shape index (κ1) is 11.3. The van der Waals surface area contributed by atoms with Crippen molar-refractivity contribution in [1.29, 1.82) is 0 Å². The van der Waals surface area contributed by atoms with Gasteiger partial charge in [-0.1, -0.05) is 0 Å². The predicted molar refractivity (Wildman–Crippen MR) is 48.3 cm³/mol. The van der Waals surface area contributed by atoms with E-state index in [1.165, 1.54) is 10.0 Å². The molecule has 14 heavy (non-hydrogen) atoms. The second-order valence-electron chi connectivity index (χ2n) is 3.26. The maximum atomic E-state index is 11.4. The average molecular weight is 204 g/mol. The highest BCUT2D eigenvalue weighted by Gasteiger charge is 2.44. The van der Waals surface area contributed by atoms with E-state index < -0.39 is 5.79 Å². The van der Waals surface area contributed by atoms with Gasteiger partial charge in [-0.05, 0) is 0 Å². The molecule has 6 N–H and O–H groups in total. The standard InChI is InChI=1S/C7H16N4O3/c8-7(9)5-6(14)10(1-3-12)11(7)2-4-13/h12-13H,1-5,8-9H2. The topological polar surface area (TPSA) is 116 Å². The summed E-state index contributed by atoms with van der Waals surface area (Å²) < 4.78 is 0. The Balaban J connectivity index is 2.75. The second-order valence-corrected chi connectivity index (χ2v) is 3.26. The smallest absolute Gasteiger partial charge is 0.241 e. The number of hydrazine groups is 1. The zero-order valence-electron chi connectivity index (χ0n) is 7.89. The second kappa shape index (κ2) is 4.20. The number of amides is 1. The van der Waals surface area contributed by atoms with Crippen molar-refractivity contribution in [3.8, 4) is 0 Å². The van der Waals surface area contributed by atoms with Crippen molar-refractivity contribution in [3.05, 3.63) is 0 Å². The van der Waals surface area contributed by atoms with E-state index in [1.807, 2.05) is 0 Å². The molecule has 0 spiro atoms. The van der Waals surface area contributed by atoms with Gasteiger partial charge in [-0.15, -0.1) is 0 Å². The van der Waals surface area contributed by atoms with Gasteiger partial charge in [0.05, 0.1) is 26.2 Å². The normalized spacial score (nSPS) is 22.0. The van der Waals surface area contributed by atoms with Crippen molar-refractivity contribution in [3.63, 3.8) is 0 Å². The Labute approximate surface area is 81.8 Å². The summed E-state index contributed by atoms with van der Waals surface area (Å²) in [5.74, 6) is -1.49. The van der Waals surface area contributed by atoms with Crippen molar-refractivity contribution >= 4 is 5.91 Å². The first-order valence-corrected chi connectivity index (χ1v) is 4.40. The lowest BCUT2D eigenvalue weighted by Gasteiger charge is -2.34. The SMILES string of the molecule is NC1(N)CC(=O)N(CCO)N1CCO. The highest BCUT2D eigenvalue weighted by atomic mass is 16.3. The number of aliphatic hydroxyl groups excluding tert-OH is 2. The van der Waals surface area contributed by atoms with E-state index in [2.05, 4.69) is 0 Å². The molecule has 7 heteroatoms. The third kappa shape index (κ3) is 2.02. The molecule has 1 saturated heterocycles. The zero-order valence-corrected chi connectivity index (χ0v) is 7.89. The lowest BCUT2D eigenvalue weighted by molar-refractivity contribution is -0.143. The number of aliphatic hydroxyl groups is 2. The van der Waals surface area contributed by atoms with Gasteiger partial charge in [0.2, 0.25) is 5.91 Å². The van der Waals surface area contributed by atoms with Gasteiger partial charge < -0.3 is 10.2 Å². The van der Waals surface area contributed by atoms with Crippen molar-refractivity contribution in [1.82, 2.24) is 10.0 Å². The van der Waals surface area contributed by atoms with Crippen molar-refractivity contribution in [2.75, 3.05) is 26.3 Å². The highest BCUT2D eigenvalue weighted by Crippen LogP contribution is 2.20. The van der Waals surface area contributed by atoms with E-state index in [9.17, 15) is 4.79 Å². The van der Waals surface area contributed by atoms with Gasteiger partial charge in [-0.3, -0.25) is 21.3 Å². The molecule has 1 aliphatic rings. The van der Waals surface area contributed by atoms with Gasteiger partial charge in [0.15, 0.2) is 0 Å². The molecule has 7 nitrogen and oxygen atoms in total. The Bertz CT molecular complexity index is 221. The van der Waals surface area contributed by atoms with Crippen LogP contribution in [0.3, 0.4) is 0 Å². The van der Waals surface area contributed by atoms with E-state index in [0.717, 1.165) is 0 Å². The van der Waals surface area contributed by atoms with Crippen LogP contribution in [0.2, 0.25) is 0 Å². The van der Waals surface area contributed by atoms with Gasteiger partial charge in [0.25, 0.3) is 0 Å². The number of β-amino-alcohol motifs (C(OH)–C–C–N with tert-alkyl or cyclic N) is 2. The average Bonchev–Trinajstić information content (AvgIpc) is 2.28. The van der Waals surface area contributed by atoms with Gasteiger partial charge in [0, 0.05) is 6.54 Å². The number of rotatable bonds is 4. The quantitative estimate of drug-likeness (QED) is 0.362. The number of nitrogens with two attached hydrogens (primary N) is 2. The van der Waals surface area contributed by atoms with Crippen molar-refractivity contribution in [2.45, 2.75) is 12.2 Å². The molecule has 1 fully saturated rings. The van der Waals surface area contributed by atoms with E-state index in [4.69, 9.17) is 21.7 Å². The van der Waals surface area contributed by atoms with Crippen LogP contribution in [0.1, 0.15) is 6.42 Å². The maximum Gasteiger partial charge on any atom is 0.241 e. The Hall–Kier alpha value is -0.730. The largest absolute Gasteiger partial charge is 0.395 e. The molecule has 82 valence electrons. The highest BCUT2D eigenvalue weighted by molar-refractivity contribution is 5.79. The van der Waals surface area contributed by atoms with E-state index in [-0.39, 0.29) is 38.6 Å². The number of carbonyl (C=O) groups excluding carboxylic acids is 1. The fourth-order valence-corrected chi connectivity index (χ4v) is 1.55. The molecule has 1 amide bonds. The van der Waals surface area contributed by atoms with E-state index >= 15 is 0 Å². The van der Waals surface area contributed by atoms with E-state index in [1.54, 1.807) is 0 Å². The first-order valence-electron chi connectivity index (χ1n) is 4.40. The van der Waals surface area contributed by atoms with Crippen LogP contribution >= 0.6 is 0 Å². The number of hydrogen-bond donors (Lipinski definition) is 4. The summed E-state index contributed by atoms with van der Waals surface area (Å²) in [5.41, 5.74) is 11.3. The summed E-state index contributed by atoms with van der Waals surface area (Å²) in [6, 6.07) is 0. The van der Waals surface area contributed by atoms with Crippen LogP contribution in [0.5, 0.6) is 0 Å². The van der Waals surface area contributed by atoms with Crippen LogP contribution in [-0.4, -0.2) is 58.2 Å². The summed E-state index contributed by atoms with van der Waals surface area (Å²) in [7, 11) is 0. The molecule has 0 aromatic carbocycles. The third-order valence-electron chi connectivity index (χ3n) is 2.12. The van der Waals surface area contributed by atoms with Crippen molar-refractivity contribution < 1.29 is 15.0 Å². The van der Waals surface area contributed by atoms with Crippen LogP contribution in [0.25, 0.3) is 0 Å². The Morgan fingerprint density at radius 3 is 2.36 bits per heavy atom. The maximum absolute atomic E-state index is 11.4. The number of carbonyl (C=O) groups is 1. The lowest BCUT2D eigenvalue weighted by atomic mass is 10.3. The molecule has 0 aromatic rings. The van der Waals surface area contributed by atoms with Crippen LogP contribution in [-0.2, 0) is 4.79 Å². The van der Waals surface area contributed by atoms with Crippen molar-refractivity contribution in [2.24, 2.45) is 11.5 Å². The molecule has 1 heterocycles. The Morgan fingerprint density at radius 1 is 1.29 bits per heavy atom. The van der Waals surface area contributed by atoms with E-state index in [0.29, 0.717) is 0 Å². The Morgan fingerprint density at radius 2 is 1.86 bits per heavy atom. The molecule has 0 unspecified atom stereocenters. The minimum atomic E-state index is -1.25. The summed E-state index contributed by atoms with van der Waals surface area (Å²) in [6.07, 6.45) is -0.00694. The number of nitrogens with zero attached hydrogens (tertiary/aromatic N) is 2. The van der Waals surface area contributed by atoms with Gasteiger partial charge in [-0.25, -0.2) is 0 Å². The molecule has 0 radical (unpaired) electrons. The fraction of sp³-hybridized carbons (Fsp3) is 0.857. The third-order valence-corrected chi connectivity index (χ3v) is 2.12. The number of hydrogen-bond acceptors (Lipinski definition) is 6. The monoisotopic (exact) mass is 204 g/mol. The minimum Gasteiger partial charge on any atom is -0.395 e. The molecule has 1 aliphatic heterocycles. The molecular formula is C7H16N4O3. The van der Waals surface area contributed by atoms with Gasteiger partial charge >= 0.3 is 0 Å². The lowest BCUT2D eigenvalue weighted by Crippen LogP contribution is -2.63. The summed E-state index contributed by atoms with van der Waals surface area (Å²) in [4.78, 5) is 11.4. The summed E-state index contributed by atoms with van der Waals surface area (Å²) >= 11 is 0. The first-order chi connectivity index (χ1) is 6.53. The van der Waals surface area contributed by atoms with Gasteiger partial charge in [-0.2, -0.15) is 5.01 Å². The van der Waals surface area contributed by atoms with Crippen LogP contribution in [0.15, 0.2) is 0 Å². The fourth-order valence-electron chi connectivity index (χ4n) is 1.55. The Kier molecular flexibility index (Phi) is 3.40. The molecule has 0 saturated carbocycles. The minimum absolute atomic E-state index is 0.00694. The summed E-state index contributed by atoms with van der Waals surface area (Å²) in [5, 5.41) is 20.2. The van der Waals surface area contributed by atoms with Crippen LogP contribution < -0.4 is 11.5 Å². The zero-order chi connectivity index (χ0) is 10.8. The molecule has 0 bridgehead atoms. The summed E-state index contributed by atoms with van der Waals surface area (Å²) in [6.45, 7) is 0.0167. The predicted octanol–water partition coefficient (Wildman–Crippen LogP) is -3.01. The van der Waals surface area contributed by atoms with Gasteiger partial charge in [0.1, 0.15) is 5.79 Å². The molecule has 0 aliphatic carbocycles. The van der Waals surface area contributed by atoms with Crippen LogP contribution in [0.4, 0.5) is 0 Å². The van der Waals surface area contributed by atoms with Crippen LogP contribution in [0, 0.1) is 0 Å². The molecule has 0 aromatic heterocycles. The molecular weight excluding hydrogens is 188 g/mol. The molecule has 1 rings (SSSR count).